The summed E-state index contributed by atoms with van der Waals surface area (Å²) in [6.07, 6.45) is -2.83. The minimum atomic E-state index is -4.34. The highest BCUT2D eigenvalue weighted by atomic mass is 19.4. The Hall–Kier alpha value is -2.11. The second-order valence-corrected chi connectivity index (χ2v) is 3.57. The molecule has 1 aromatic heterocycles. The molecule has 0 fully saturated rings. The Morgan fingerprint density at radius 1 is 1.06 bits per heavy atom. The minimum absolute atomic E-state index is 0.293. The first-order valence-electron chi connectivity index (χ1n) is 5.10. The molecule has 0 amide bonds. The van der Waals surface area contributed by atoms with Gasteiger partial charge in [0.25, 0.3) is 0 Å². The molecular formula is C12H9F3N2O. The lowest BCUT2D eigenvalue weighted by molar-refractivity contribution is -0.137. The first-order chi connectivity index (χ1) is 8.45. The molecular weight excluding hydrogens is 245 g/mol. The van der Waals surface area contributed by atoms with Crippen LogP contribution in [0.3, 0.4) is 0 Å². The summed E-state index contributed by atoms with van der Waals surface area (Å²) in [5.41, 5.74) is -0.714. The maximum atomic E-state index is 12.3. The van der Waals surface area contributed by atoms with Crippen LogP contribution in [0.1, 0.15) is 11.4 Å². The van der Waals surface area contributed by atoms with Gasteiger partial charge in [0, 0.05) is 12.3 Å². The van der Waals surface area contributed by atoms with Crippen molar-refractivity contribution in [1.29, 1.82) is 0 Å². The van der Waals surface area contributed by atoms with Crippen molar-refractivity contribution < 1.29 is 17.9 Å². The topological polar surface area (TPSA) is 35.0 Å². The lowest BCUT2D eigenvalue weighted by atomic mass is 10.2. The fourth-order valence-corrected chi connectivity index (χ4v) is 1.32. The van der Waals surface area contributed by atoms with E-state index in [9.17, 15) is 13.2 Å². The average Bonchev–Trinajstić information content (AvgIpc) is 2.28. The van der Waals surface area contributed by atoms with Crippen LogP contribution in [0, 0.1) is 6.92 Å². The summed E-state index contributed by atoms with van der Waals surface area (Å²) in [4.78, 5) is 7.87. The van der Waals surface area contributed by atoms with Gasteiger partial charge in [0.05, 0.1) is 5.56 Å². The Morgan fingerprint density at radius 3 is 2.28 bits per heavy atom. The first kappa shape index (κ1) is 12.3. The fraction of sp³-hybridized carbons (Fsp3) is 0.167. The number of alkyl halides is 3. The molecule has 0 aliphatic rings. The largest absolute Gasteiger partial charge is 0.439 e. The predicted octanol–water partition coefficient (Wildman–Crippen LogP) is 3.60. The van der Waals surface area contributed by atoms with E-state index in [0.717, 1.165) is 12.1 Å². The maximum absolute atomic E-state index is 12.3. The molecule has 6 heteroatoms. The van der Waals surface area contributed by atoms with Gasteiger partial charge in [0.15, 0.2) is 0 Å². The number of rotatable bonds is 2. The van der Waals surface area contributed by atoms with E-state index in [0.29, 0.717) is 17.5 Å². The van der Waals surface area contributed by atoms with E-state index < -0.39 is 11.7 Å². The van der Waals surface area contributed by atoms with Crippen LogP contribution in [0.4, 0.5) is 13.2 Å². The molecule has 0 saturated carbocycles. The van der Waals surface area contributed by atoms with Crippen LogP contribution < -0.4 is 4.74 Å². The Labute approximate surface area is 101 Å². The zero-order valence-electron chi connectivity index (χ0n) is 9.40. The predicted molar refractivity (Wildman–Crippen MR) is 58.3 cm³/mol. The zero-order chi connectivity index (χ0) is 13.2. The second kappa shape index (κ2) is 4.64. The van der Waals surface area contributed by atoms with E-state index >= 15 is 0 Å². The van der Waals surface area contributed by atoms with Crippen LogP contribution in [-0.4, -0.2) is 9.97 Å². The van der Waals surface area contributed by atoms with Gasteiger partial charge in [-0.1, -0.05) is 0 Å². The summed E-state index contributed by atoms with van der Waals surface area (Å²) in [6, 6.07) is 5.96. The summed E-state index contributed by atoms with van der Waals surface area (Å²) in [5, 5.41) is 0. The molecule has 0 atom stereocenters. The first-order valence-corrected chi connectivity index (χ1v) is 5.10. The summed E-state index contributed by atoms with van der Waals surface area (Å²) in [5.74, 6) is 1.11. The van der Waals surface area contributed by atoms with E-state index in [1.807, 2.05) is 0 Å². The summed E-state index contributed by atoms with van der Waals surface area (Å²) < 4.78 is 42.3. The van der Waals surface area contributed by atoms with Gasteiger partial charge in [-0.05, 0) is 31.2 Å². The number of ether oxygens (including phenoxy) is 1. The molecule has 2 rings (SSSR count). The van der Waals surface area contributed by atoms with Crippen LogP contribution >= 0.6 is 0 Å². The lowest BCUT2D eigenvalue weighted by Crippen LogP contribution is -2.04. The molecule has 0 unspecified atom stereocenters. The van der Waals surface area contributed by atoms with E-state index in [4.69, 9.17) is 4.74 Å². The number of nitrogens with zero attached hydrogens (tertiary/aromatic N) is 2. The van der Waals surface area contributed by atoms with E-state index in [1.165, 1.54) is 24.4 Å². The quantitative estimate of drug-likeness (QED) is 0.821. The molecule has 0 bridgehead atoms. The molecule has 18 heavy (non-hydrogen) atoms. The molecule has 0 saturated heterocycles. The number of halogens is 3. The van der Waals surface area contributed by atoms with Crippen molar-refractivity contribution in [2.75, 3.05) is 0 Å². The number of benzene rings is 1. The van der Waals surface area contributed by atoms with E-state index in [-0.39, 0.29) is 0 Å². The van der Waals surface area contributed by atoms with Gasteiger partial charge in [0.2, 0.25) is 5.88 Å². The Bertz CT molecular complexity index is 538. The van der Waals surface area contributed by atoms with Gasteiger partial charge < -0.3 is 4.74 Å². The van der Waals surface area contributed by atoms with Crippen LogP contribution in [0.5, 0.6) is 11.6 Å². The molecule has 94 valence electrons. The molecule has 0 radical (unpaired) electrons. The number of hydrogen-bond acceptors (Lipinski definition) is 3. The molecule has 0 N–H and O–H groups in total. The Balaban J connectivity index is 2.16. The smallest absolute Gasteiger partial charge is 0.416 e. The second-order valence-electron chi connectivity index (χ2n) is 3.57. The Morgan fingerprint density at radius 2 is 1.72 bits per heavy atom. The van der Waals surface area contributed by atoms with Crippen molar-refractivity contribution in [2.45, 2.75) is 13.1 Å². The van der Waals surface area contributed by atoms with Crippen LogP contribution in [0.15, 0.2) is 36.5 Å². The summed E-state index contributed by atoms with van der Waals surface area (Å²) in [6.45, 7) is 1.69. The SMILES string of the molecule is Cc1nccc(Oc2ccc(C(F)(F)F)cc2)n1. The third-order valence-corrected chi connectivity index (χ3v) is 2.15. The van der Waals surface area contributed by atoms with Gasteiger partial charge >= 0.3 is 6.18 Å². The van der Waals surface area contributed by atoms with Crippen molar-refractivity contribution in [3.63, 3.8) is 0 Å². The molecule has 2 aromatic rings. The Kier molecular flexibility index (Phi) is 3.18. The highest BCUT2D eigenvalue weighted by molar-refractivity contribution is 5.31. The van der Waals surface area contributed by atoms with Gasteiger partial charge in [-0.3, -0.25) is 0 Å². The van der Waals surface area contributed by atoms with Gasteiger partial charge in [-0.25, -0.2) is 4.98 Å². The van der Waals surface area contributed by atoms with E-state index in [2.05, 4.69) is 9.97 Å². The monoisotopic (exact) mass is 254 g/mol. The number of aryl methyl sites for hydroxylation is 1. The summed E-state index contributed by atoms with van der Waals surface area (Å²) >= 11 is 0. The molecule has 3 nitrogen and oxygen atoms in total. The fourth-order valence-electron chi connectivity index (χ4n) is 1.32. The average molecular weight is 254 g/mol. The molecule has 1 heterocycles. The van der Waals surface area contributed by atoms with Crippen LogP contribution in [-0.2, 0) is 6.18 Å². The number of hydrogen-bond donors (Lipinski definition) is 0. The molecule has 1 aromatic carbocycles. The number of aromatic nitrogens is 2. The normalized spacial score (nSPS) is 11.3. The molecule has 0 aliphatic heterocycles. The minimum Gasteiger partial charge on any atom is -0.439 e. The highest BCUT2D eigenvalue weighted by Gasteiger charge is 2.30. The van der Waals surface area contributed by atoms with Crippen molar-refractivity contribution >= 4 is 0 Å². The maximum Gasteiger partial charge on any atom is 0.416 e. The van der Waals surface area contributed by atoms with Gasteiger partial charge in [-0.2, -0.15) is 18.2 Å². The molecule has 0 spiro atoms. The molecule has 0 aliphatic carbocycles. The van der Waals surface area contributed by atoms with Crippen molar-refractivity contribution in [1.82, 2.24) is 9.97 Å². The van der Waals surface area contributed by atoms with Gasteiger partial charge in [-0.15, -0.1) is 0 Å². The lowest BCUT2D eigenvalue weighted by Gasteiger charge is -2.08. The van der Waals surface area contributed by atoms with Gasteiger partial charge in [0.1, 0.15) is 11.6 Å². The van der Waals surface area contributed by atoms with Crippen molar-refractivity contribution in [2.24, 2.45) is 0 Å². The summed E-state index contributed by atoms with van der Waals surface area (Å²) in [7, 11) is 0. The highest BCUT2D eigenvalue weighted by Crippen LogP contribution is 2.31. The van der Waals surface area contributed by atoms with Crippen molar-refractivity contribution in [3.8, 4) is 11.6 Å². The third-order valence-electron chi connectivity index (χ3n) is 2.15. The van der Waals surface area contributed by atoms with Crippen LogP contribution in [0.2, 0.25) is 0 Å². The van der Waals surface area contributed by atoms with Crippen LogP contribution in [0.25, 0.3) is 0 Å². The zero-order valence-corrected chi connectivity index (χ0v) is 9.40. The standard InChI is InChI=1S/C12H9F3N2O/c1-8-16-7-6-11(17-8)18-10-4-2-9(3-5-10)12(13,14)15/h2-7H,1H3. The van der Waals surface area contributed by atoms with E-state index in [1.54, 1.807) is 6.92 Å². The van der Waals surface area contributed by atoms with Crippen molar-refractivity contribution in [3.05, 3.63) is 47.9 Å². The third kappa shape index (κ3) is 2.97.